The molecule has 0 aromatic heterocycles. The van der Waals surface area contributed by atoms with Crippen LogP contribution in [0.2, 0.25) is 0 Å². The standard InChI is InChI=1S/C98H90N2/c1-8-12-55-96(56-13-9-2)92-59-65(5)35-49-83(92)85-52-46-75(63-94(85)96)100(76-47-53-86-84-50-36-66(6)60-93(84)97(57-14-10-3,58-15-11-4)95(86)64-76)73-45-51-77(67(7)61-73)69-37-41-71(42-38-69)99(72-43-39-70(40-44-72)79-31-24-26-68-25-16-17-27-78(68)79)74-48-54-91-87(62-74)82-30-20-23-34-90(82)98(91)88-32-21-18-28-80(88)81-29-19-22-33-89(81)98/h16-54,59-64H,8-15,55-58H2,1-7H3. The lowest BCUT2D eigenvalue weighted by molar-refractivity contribution is 0.414. The van der Waals surface area contributed by atoms with Crippen molar-refractivity contribution in [3.8, 4) is 66.8 Å². The van der Waals surface area contributed by atoms with Crippen LogP contribution >= 0.6 is 0 Å². The number of fused-ring (bicyclic) bond motifs is 17. The summed E-state index contributed by atoms with van der Waals surface area (Å²) < 4.78 is 0. The molecule has 1 spiro atoms. The van der Waals surface area contributed by atoms with Crippen molar-refractivity contribution in [1.29, 1.82) is 0 Å². The Morgan fingerprint density at radius 3 is 1.08 bits per heavy atom. The number of hydrogen-bond donors (Lipinski definition) is 0. The Labute approximate surface area is 593 Å². The van der Waals surface area contributed by atoms with E-state index in [9.17, 15) is 0 Å². The molecule has 0 radical (unpaired) electrons. The van der Waals surface area contributed by atoms with Gasteiger partial charge in [-0.15, -0.1) is 0 Å². The highest BCUT2D eigenvalue weighted by molar-refractivity contribution is 5.99. The minimum absolute atomic E-state index is 0.0517. The Bertz CT molecular complexity index is 5120. The van der Waals surface area contributed by atoms with Gasteiger partial charge in [-0.05, 0) is 247 Å². The molecule has 0 atom stereocenters. The summed E-state index contributed by atoms with van der Waals surface area (Å²) in [6.45, 7) is 16.4. The Balaban J connectivity index is 0.793. The second-order valence-corrected chi connectivity index (χ2v) is 29.5. The fourth-order valence-corrected chi connectivity index (χ4v) is 19.0. The second kappa shape index (κ2) is 25.5. The second-order valence-electron chi connectivity index (χ2n) is 29.5. The lowest BCUT2D eigenvalue weighted by Gasteiger charge is -2.35. The topological polar surface area (TPSA) is 6.48 Å². The third-order valence-electron chi connectivity index (χ3n) is 23.7. The molecule has 0 saturated heterocycles. The summed E-state index contributed by atoms with van der Waals surface area (Å²) in [5.74, 6) is 0. The Kier molecular flexibility index (Phi) is 16.1. The van der Waals surface area contributed by atoms with Gasteiger partial charge in [0, 0.05) is 45.0 Å². The quantitative estimate of drug-likeness (QED) is 0.0750. The van der Waals surface area contributed by atoms with E-state index in [1.807, 2.05) is 0 Å². The van der Waals surface area contributed by atoms with Crippen LogP contribution in [0.15, 0.2) is 273 Å². The van der Waals surface area contributed by atoms with Gasteiger partial charge in [0.25, 0.3) is 0 Å². The van der Waals surface area contributed by atoms with Gasteiger partial charge >= 0.3 is 0 Å². The normalized spacial score (nSPS) is 14.1. The smallest absolute Gasteiger partial charge is 0.0725 e. The molecule has 0 heterocycles. The van der Waals surface area contributed by atoms with E-state index in [2.05, 4.69) is 331 Å². The summed E-state index contributed by atoms with van der Waals surface area (Å²) in [6, 6.07) is 106. The summed E-state index contributed by atoms with van der Waals surface area (Å²) in [6.07, 6.45) is 14.1. The number of anilines is 6. The maximum absolute atomic E-state index is 2.64. The van der Waals surface area contributed by atoms with Gasteiger partial charge < -0.3 is 9.80 Å². The van der Waals surface area contributed by atoms with E-state index in [1.165, 1.54) is 207 Å². The van der Waals surface area contributed by atoms with Crippen LogP contribution in [0.4, 0.5) is 34.1 Å². The van der Waals surface area contributed by atoms with Gasteiger partial charge in [-0.1, -0.05) is 290 Å². The number of nitrogens with zero attached hydrogens (tertiary/aromatic N) is 2. The Morgan fingerprint density at radius 1 is 0.250 bits per heavy atom. The van der Waals surface area contributed by atoms with Crippen LogP contribution in [-0.4, -0.2) is 0 Å². The minimum Gasteiger partial charge on any atom is -0.310 e. The van der Waals surface area contributed by atoms with E-state index in [0.717, 1.165) is 42.7 Å². The number of hydrogen-bond acceptors (Lipinski definition) is 2. The van der Waals surface area contributed by atoms with Crippen molar-refractivity contribution in [2.75, 3.05) is 9.80 Å². The van der Waals surface area contributed by atoms with E-state index in [1.54, 1.807) is 0 Å². The highest BCUT2D eigenvalue weighted by Crippen LogP contribution is 2.64. The molecule has 0 unspecified atom stereocenters. The highest BCUT2D eigenvalue weighted by Gasteiger charge is 2.52. The summed E-state index contributed by atoms with van der Waals surface area (Å²) in [7, 11) is 0. The molecule has 492 valence electrons. The Hall–Kier alpha value is -10.3. The number of benzene rings is 13. The van der Waals surface area contributed by atoms with Crippen molar-refractivity contribution in [2.24, 2.45) is 0 Å². The summed E-state index contributed by atoms with van der Waals surface area (Å²) in [4.78, 5) is 5.10. The van der Waals surface area contributed by atoms with Crippen molar-refractivity contribution in [3.05, 3.63) is 334 Å². The van der Waals surface area contributed by atoms with Gasteiger partial charge in [0.1, 0.15) is 0 Å². The summed E-state index contributed by atoms with van der Waals surface area (Å²) >= 11 is 0. The first-order valence-electron chi connectivity index (χ1n) is 37.5. The predicted molar refractivity (Wildman–Crippen MR) is 425 cm³/mol. The van der Waals surface area contributed by atoms with Crippen LogP contribution in [-0.2, 0) is 16.2 Å². The lowest BCUT2D eigenvalue weighted by atomic mass is 9.70. The molecule has 4 aliphatic carbocycles. The van der Waals surface area contributed by atoms with E-state index in [4.69, 9.17) is 0 Å². The number of rotatable bonds is 20. The van der Waals surface area contributed by atoms with E-state index >= 15 is 0 Å². The fourth-order valence-electron chi connectivity index (χ4n) is 19.0. The predicted octanol–water partition coefficient (Wildman–Crippen LogP) is 27.7. The third-order valence-corrected chi connectivity index (χ3v) is 23.7. The van der Waals surface area contributed by atoms with Crippen molar-refractivity contribution in [3.63, 3.8) is 0 Å². The SMILES string of the molecule is CCCCC1(CCCC)c2cc(C)ccc2-c2ccc(N(c3ccc(-c4ccc(N(c5ccc(-c6cccc7ccccc67)cc5)c5ccc6c(c5)-c5ccccc5C65c6ccccc6-c6ccccc65)cc4)c(C)c3)c3ccc4c(c3)C(CCCC)(CCCC)c3cc(C)ccc3-4)cc21. The summed E-state index contributed by atoms with van der Waals surface area (Å²) in [5.41, 5.74) is 37.6. The molecular weight excluding hydrogens is 1210 g/mol. The van der Waals surface area contributed by atoms with Crippen molar-refractivity contribution < 1.29 is 0 Å². The molecule has 0 fully saturated rings. The van der Waals surface area contributed by atoms with Gasteiger partial charge in [-0.25, -0.2) is 0 Å². The zero-order chi connectivity index (χ0) is 67.9. The number of aryl methyl sites for hydroxylation is 3. The average Bonchev–Trinajstić information content (AvgIpc) is 1.51. The first-order valence-corrected chi connectivity index (χ1v) is 37.5. The van der Waals surface area contributed by atoms with Crippen LogP contribution in [0.3, 0.4) is 0 Å². The lowest BCUT2D eigenvalue weighted by Crippen LogP contribution is -2.26. The van der Waals surface area contributed by atoms with Gasteiger partial charge in [0.15, 0.2) is 0 Å². The maximum Gasteiger partial charge on any atom is 0.0725 e. The molecule has 0 bridgehead atoms. The first-order chi connectivity index (χ1) is 49.1. The molecule has 100 heavy (non-hydrogen) atoms. The number of unbranched alkanes of at least 4 members (excludes halogenated alkanes) is 4. The molecule has 2 heteroatoms. The van der Waals surface area contributed by atoms with Gasteiger partial charge in [-0.2, -0.15) is 0 Å². The van der Waals surface area contributed by atoms with Crippen LogP contribution in [0.5, 0.6) is 0 Å². The zero-order valence-electron chi connectivity index (χ0n) is 59.4. The van der Waals surface area contributed by atoms with Crippen LogP contribution < -0.4 is 9.80 Å². The summed E-state index contributed by atoms with van der Waals surface area (Å²) in [5, 5.41) is 2.51. The molecule has 0 N–H and O–H groups in total. The third kappa shape index (κ3) is 9.93. The van der Waals surface area contributed by atoms with E-state index in [0.29, 0.717) is 0 Å². The molecule has 17 rings (SSSR count). The van der Waals surface area contributed by atoms with E-state index < -0.39 is 5.41 Å². The fraction of sp³-hybridized carbons (Fsp3) is 0.224. The van der Waals surface area contributed by atoms with Gasteiger partial charge in [-0.3, -0.25) is 0 Å². The Morgan fingerprint density at radius 2 is 0.590 bits per heavy atom. The van der Waals surface area contributed by atoms with Crippen LogP contribution in [0, 0.1) is 20.8 Å². The highest BCUT2D eigenvalue weighted by atomic mass is 15.1. The zero-order valence-corrected chi connectivity index (χ0v) is 59.4. The molecule has 4 aliphatic rings. The van der Waals surface area contributed by atoms with Gasteiger partial charge in [0.05, 0.1) is 5.41 Å². The molecule has 0 aliphatic heterocycles. The molecular formula is C98H90N2. The first kappa shape index (κ1) is 63.2. The monoisotopic (exact) mass is 1290 g/mol. The van der Waals surface area contributed by atoms with Crippen molar-refractivity contribution in [2.45, 2.75) is 142 Å². The van der Waals surface area contributed by atoms with Crippen LogP contribution in [0.25, 0.3) is 77.5 Å². The van der Waals surface area contributed by atoms with E-state index in [-0.39, 0.29) is 10.8 Å². The molecule has 2 nitrogen and oxygen atoms in total. The molecule has 0 saturated carbocycles. The molecule has 0 amide bonds. The minimum atomic E-state index is -0.419. The average molecular weight is 1300 g/mol. The largest absolute Gasteiger partial charge is 0.310 e. The van der Waals surface area contributed by atoms with Gasteiger partial charge in [0.2, 0.25) is 0 Å². The van der Waals surface area contributed by atoms with Crippen LogP contribution in [0.1, 0.15) is 166 Å². The van der Waals surface area contributed by atoms with Crippen molar-refractivity contribution >= 4 is 44.9 Å². The molecule has 13 aromatic carbocycles. The molecule has 13 aromatic rings. The maximum atomic E-state index is 2.64. The van der Waals surface area contributed by atoms with Crippen molar-refractivity contribution in [1.82, 2.24) is 0 Å².